The van der Waals surface area contributed by atoms with Crippen LogP contribution < -0.4 is 5.32 Å². The molecule has 6 heteroatoms. The average molecular weight is 342 g/mol. The van der Waals surface area contributed by atoms with Gasteiger partial charge in [-0.2, -0.15) is 0 Å². The van der Waals surface area contributed by atoms with Gasteiger partial charge in [0.15, 0.2) is 0 Å². The number of benzene rings is 1. The van der Waals surface area contributed by atoms with Crippen LogP contribution in [0.5, 0.6) is 0 Å². The normalized spacial score (nSPS) is 23.8. The van der Waals surface area contributed by atoms with Crippen molar-refractivity contribution in [1.82, 2.24) is 20.0 Å². The van der Waals surface area contributed by atoms with E-state index in [0.717, 1.165) is 38.0 Å². The molecule has 1 N–H and O–H groups in total. The molecule has 4 rings (SSSR count). The first-order chi connectivity index (χ1) is 12.1. The van der Waals surface area contributed by atoms with Crippen LogP contribution in [0, 0.1) is 0 Å². The molecule has 1 aromatic carbocycles. The monoisotopic (exact) mass is 342 g/mol. The number of carbonyl (C=O) groups is 2. The third kappa shape index (κ3) is 3.16. The molecular weight excluding hydrogens is 316 g/mol. The Morgan fingerprint density at radius 2 is 1.84 bits per heavy atom. The first kappa shape index (κ1) is 16.5. The molecule has 2 fully saturated rings. The van der Waals surface area contributed by atoms with Crippen LogP contribution in [0.4, 0.5) is 0 Å². The maximum atomic E-state index is 13.0. The summed E-state index contributed by atoms with van der Waals surface area (Å²) in [6, 6.07) is 6.02. The van der Waals surface area contributed by atoms with Crippen LogP contribution >= 0.6 is 0 Å². The Morgan fingerprint density at radius 3 is 2.56 bits per heavy atom. The highest BCUT2D eigenvalue weighted by atomic mass is 16.2. The molecule has 6 nitrogen and oxygen atoms in total. The van der Waals surface area contributed by atoms with E-state index in [9.17, 15) is 9.59 Å². The van der Waals surface area contributed by atoms with E-state index in [1.165, 1.54) is 11.1 Å². The highest BCUT2D eigenvalue weighted by molar-refractivity contribution is 5.96. The fourth-order valence-corrected chi connectivity index (χ4v) is 4.20. The van der Waals surface area contributed by atoms with Crippen molar-refractivity contribution in [3.63, 3.8) is 0 Å². The van der Waals surface area contributed by atoms with E-state index in [1.807, 2.05) is 21.9 Å². The van der Waals surface area contributed by atoms with Crippen molar-refractivity contribution in [1.29, 1.82) is 0 Å². The second-order valence-electron chi connectivity index (χ2n) is 7.38. The van der Waals surface area contributed by atoms with Gasteiger partial charge in [0.1, 0.15) is 0 Å². The summed E-state index contributed by atoms with van der Waals surface area (Å²) in [5, 5.41) is 3.27. The van der Waals surface area contributed by atoms with Crippen LogP contribution in [0.1, 0.15) is 34.3 Å². The Morgan fingerprint density at radius 1 is 1.08 bits per heavy atom. The molecule has 2 amide bonds. The second kappa shape index (κ2) is 6.77. The summed E-state index contributed by atoms with van der Waals surface area (Å²) >= 11 is 0. The summed E-state index contributed by atoms with van der Waals surface area (Å²) in [7, 11) is 2.08. The number of hydrogen-bond donors (Lipinski definition) is 1. The van der Waals surface area contributed by atoms with Gasteiger partial charge in [0.05, 0.1) is 6.04 Å². The molecule has 0 aromatic heterocycles. The minimum atomic E-state index is -0.0184. The van der Waals surface area contributed by atoms with Crippen molar-refractivity contribution < 1.29 is 9.59 Å². The van der Waals surface area contributed by atoms with Crippen LogP contribution in [-0.4, -0.2) is 72.3 Å². The molecule has 3 aliphatic heterocycles. The topological polar surface area (TPSA) is 55.9 Å². The van der Waals surface area contributed by atoms with E-state index < -0.39 is 0 Å². The van der Waals surface area contributed by atoms with Crippen molar-refractivity contribution in [2.24, 2.45) is 0 Å². The minimum Gasteiger partial charge on any atom is -0.338 e. The molecule has 0 aliphatic carbocycles. The summed E-state index contributed by atoms with van der Waals surface area (Å²) in [6.45, 7) is 5.20. The van der Waals surface area contributed by atoms with Gasteiger partial charge in [0, 0.05) is 44.8 Å². The SMILES string of the molecule is CN1Cc2cccc(C(=O)N3CCN(C(=O)C4CCCN4)CC3)c2C1. The number of nitrogens with zero attached hydrogens (tertiary/aromatic N) is 3. The van der Waals surface area contributed by atoms with Gasteiger partial charge < -0.3 is 15.1 Å². The Bertz CT molecular complexity index is 676. The van der Waals surface area contributed by atoms with Crippen molar-refractivity contribution >= 4 is 11.8 Å². The van der Waals surface area contributed by atoms with E-state index in [0.29, 0.717) is 26.2 Å². The van der Waals surface area contributed by atoms with Gasteiger partial charge in [-0.25, -0.2) is 0 Å². The number of carbonyl (C=O) groups excluding carboxylic acids is 2. The first-order valence-electron chi connectivity index (χ1n) is 9.24. The molecule has 3 aliphatic rings. The van der Waals surface area contributed by atoms with Gasteiger partial charge in [-0.3, -0.25) is 14.5 Å². The third-order valence-electron chi connectivity index (χ3n) is 5.61. The predicted octanol–water partition coefficient (Wildman–Crippen LogP) is 0.668. The molecule has 2 saturated heterocycles. The molecule has 0 spiro atoms. The van der Waals surface area contributed by atoms with Crippen LogP contribution in [0.15, 0.2) is 18.2 Å². The Balaban J connectivity index is 1.41. The van der Waals surface area contributed by atoms with Crippen LogP contribution in [0.2, 0.25) is 0 Å². The lowest BCUT2D eigenvalue weighted by Gasteiger charge is -2.36. The lowest BCUT2D eigenvalue weighted by atomic mass is 10.0. The van der Waals surface area contributed by atoms with Crippen LogP contribution in [0.3, 0.4) is 0 Å². The molecular formula is C19H26N4O2. The quantitative estimate of drug-likeness (QED) is 0.858. The number of fused-ring (bicyclic) bond motifs is 1. The third-order valence-corrected chi connectivity index (χ3v) is 5.61. The molecule has 25 heavy (non-hydrogen) atoms. The van der Waals surface area contributed by atoms with Crippen molar-refractivity contribution in [3.8, 4) is 0 Å². The summed E-state index contributed by atoms with van der Waals surface area (Å²) in [5.74, 6) is 0.310. The predicted molar refractivity (Wildman–Crippen MR) is 95.1 cm³/mol. The molecule has 1 unspecified atom stereocenters. The number of amides is 2. The lowest BCUT2D eigenvalue weighted by molar-refractivity contribution is -0.134. The zero-order chi connectivity index (χ0) is 17.4. The van der Waals surface area contributed by atoms with Gasteiger partial charge in [-0.1, -0.05) is 12.1 Å². The molecule has 0 bridgehead atoms. The molecule has 1 aromatic rings. The summed E-state index contributed by atoms with van der Waals surface area (Å²) in [4.78, 5) is 31.5. The van der Waals surface area contributed by atoms with E-state index in [1.54, 1.807) is 0 Å². The zero-order valence-corrected chi connectivity index (χ0v) is 14.8. The highest BCUT2D eigenvalue weighted by Gasteiger charge is 2.31. The van der Waals surface area contributed by atoms with E-state index in [4.69, 9.17) is 0 Å². The number of piperazine rings is 1. The Labute approximate surface area is 148 Å². The smallest absolute Gasteiger partial charge is 0.254 e. The number of rotatable bonds is 2. The first-order valence-corrected chi connectivity index (χ1v) is 9.24. The highest BCUT2D eigenvalue weighted by Crippen LogP contribution is 2.26. The lowest BCUT2D eigenvalue weighted by Crippen LogP contribution is -2.54. The largest absolute Gasteiger partial charge is 0.338 e. The fraction of sp³-hybridized carbons (Fsp3) is 0.579. The van der Waals surface area contributed by atoms with E-state index >= 15 is 0 Å². The summed E-state index contributed by atoms with van der Waals surface area (Å²) in [6.07, 6.45) is 2.00. The van der Waals surface area contributed by atoms with Crippen molar-refractivity contribution in [2.45, 2.75) is 32.0 Å². The second-order valence-corrected chi connectivity index (χ2v) is 7.38. The van der Waals surface area contributed by atoms with Crippen LogP contribution in [0.25, 0.3) is 0 Å². The molecule has 0 saturated carbocycles. The van der Waals surface area contributed by atoms with Gasteiger partial charge in [-0.05, 0) is 43.6 Å². The van der Waals surface area contributed by atoms with Gasteiger partial charge in [0.25, 0.3) is 5.91 Å². The van der Waals surface area contributed by atoms with Gasteiger partial charge >= 0.3 is 0 Å². The average Bonchev–Trinajstić information content (AvgIpc) is 3.29. The zero-order valence-electron chi connectivity index (χ0n) is 14.8. The maximum absolute atomic E-state index is 13.0. The molecule has 0 radical (unpaired) electrons. The number of nitrogens with one attached hydrogen (secondary N) is 1. The van der Waals surface area contributed by atoms with Gasteiger partial charge in [0.2, 0.25) is 5.91 Å². The number of hydrogen-bond acceptors (Lipinski definition) is 4. The van der Waals surface area contributed by atoms with Crippen molar-refractivity contribution in [3.05, 3.63) is 34.9 Å². The maximum Gasteiger partial charge on any atom is 0.254 e. The molecule has 3 heterocycles. The van der Waals surface area contributed by atoms with E-state index in [-0.39, 0.29) is 17.9 Å². The minimum absolute atomic E-state index is 0.0184. The molecule has 1 atom stereocenters. The fourth-order valence-electron chi connectivity index (χ4n) is 4.20. The standard InChI is InChI=1S/C19H26N4O2/c1-21-12-14-4-2-5-15(16(14)13-21)18(24)22-8-10-23(11-9-22)19(25)17-6-3-7-20-17/h2,4-5,17,20H,3,6-13H2,1H3. The summed E-state index contributed by atoms with van der Waals surface area (Å²) < 4.78 is 0. The van der Waals surface area contributed by atoms with E-state index in [2.05, 4.69) is 23.3 Å². The summed E-state index contributed by atoms with van der Waals surface area (Å²) in [5.41, 5.74) is 3.26. The Kier molecular flexibility index (Phi) is 4.48. The molecule has 134 valence electrons. The van der Waals surface area contributed by atoms with Gasteiger partial charge in [-0.15, -0.1) is 0 Å². The van der Waals surface area contributed by atoms with Crippen molar-refractivity contribution in [2.75, 3.05) is 39.8 Å². The van der Waals surface area contributed by atoms with Crippen LogP contribution in [-0.2, 0) is 17.9 Å². The Hall–Kier alpha value is -1.92.